The van der Waals surface area contributed by atoms with Crippen LogP contribution in [0.3, 0.4) is 0 Å². The molecule has 2 aromatic rings. The number of benzene rings is 2. The van der Waals surface area contributed by atoms with Crippen LogP contribution in [0.4, 0.5) is 5.69 Å². The lowest BCUT2D eigenvalue weighted by Crippen LogP contribution is -2.27. The number of carboxylic acid groups (broad SMARTS) is 1. The molecule has 0 atom stereocenters. The second-order valence-electron chi connectivity index (χ2n) is 6.50. The fourth-order valence-electron chi connectivity index (χ4n) is 3.02. The van der Waals surface area contributed by atoms with Crippen molar-refractivity contribution in [2.24, 2.45) is 0 Å². The van der Waals surface area contributed by atoms with Crippen LogP contribution in [-0.4, -0.2) is 17.0 Å². The fourth-order valence-corrected chi connectivity index (χ4v) is 3.02. The van der Waals surface area contributed by atoms with Crippen molar-refractivity contribution in [1.82, 2.24) is 0 Å². The Kier molecular flexibility index (Phi) is 4.38. The molecule has 1 saturated carbocycles. The summed E-state index contributed by atoms with van der Waals surface area (Å²) in [6, 6.07) is 15.5. The second-order valence-corrected chi connectivity index (χ2v) is 6.50. The van der Waals surface area contributed by atoms with E-state index in [4.69, 9.17) is 5.11 Å². The van der Waals surface area contributed by atoms with Crippen molar-refractivity contribution in [2.45, 2.75) is 38.0 Å². The van der Waals surface area contributed by atoms with Gasteiger partial charge in [0.2, 0.25) is 5.91 Å². The first-order chi connectivity index (χ1) is 11.5. The molecule has 24 heavy (non-hydrogen) atoms. The third-order valence-electron chi connectivity index (χ3n) is 4.57. The Bertz CT molecular complexity index is 778. The number of aryl methyl sites for hydroxylation is 2. The summed E-state index contributed by atoms with van der Waals surface area (Å²) in [5.74, 6) is -0.802. The van der Waals surface area contributed by atoms with Gasteiger partial charge in [-0.15, -0.1) is 0 Å². The van der Waals surface area contributed by atoms with Crippen LogP contribution in [-0.2, 0) is 21.4 Å². The Morgan fingerprint density at radius 1 is 1.12 bits per heavy atom. The van der Waals surface area contributed by atoms with Crippen molar-refractivity contribution in [3.8, 4) is 0 Å². The van der Waals surface area contributed by atoms with E-state index in [0.29, 0.717) is 6.42 Å². The highest BCUT2D eigenvalue weighted by atomic mass is 16.4. The van der Waals surface area contributed by atoms with E-state index in [9.17, 15) is 9.59 Å². The lowest BCUT2D eigenvalue weighted by atomic mass is 9.93. The zero-order chi connectivity index (χ0) is 17.2. The van der Waals surface area contributed by atoms with Gasteiger partial charge in [0.05, 0.1) is 5.41 Å². The van der Waals surface area contributed by atoms with Crippen molar-refractivity contribution in [1.29, 1.82) is 0 Å². The Morgan fingerprint density at radius 2 is 1.88 bits per heavy atom. The minimum atomic E-state index is -0.819. The van der Waals surface area contributed by atoms with Crippen LogP contribution in [0.5, 0.6) is 0 Å². The van der Waals surface area contributed by atoms with E-state index in [-0.39, 0.29) is 12.3 Å². The van der Waals surface area contributed by atoms with Crippen molar-refractivity contribution >= 4 is 17.6 Å². The lowest BCUT2D eigenvalue weighted by Gasteiger charge is -2.17. The standard InChI is InChI=1S/C20H21NO3/c1-14-4-2-6-16(12-14)20(10-11-20)19(24)21-17-7-3-5-15(13-17)8-9-18(22)23/h2-7,12-13H,8-11H2,1H3,(H,21,24)(H,22,23). The Balaban J connectivity index is 1.73. The molecular formula is C20H21NO3. The van der Waals surface area contributed by atoms with Gasteiger partial charge in [-0.05, 0) is 49.4 Å². The number of carboxylic acids is 1. The van der Waals surface area contributed by atoms with Crippen LogP contribution in [0.15, 0.2) is 48.5 Å². The van der Waals surface area contributed by atoms with Gasteiger partial charge in [0.25, 0.3) is 0 Å². The molecule has 4 heteroatoms. The van der Waals surface area contributed by atoms with E-state index in [1.54, 1.807) is 0 Å². The Morgan fingerprint density at radius 3 is 2.54 bits per heavy atom. The number of hydrogen-bond acceptors (Lipinski definition) is 2. The molecule has 0 bridgehead atoms. The average Bonchev–Trinajstić information content (AvgIpc) is 3.35. The predicted octanol–water partition coefficient (Wildman–Crippen LogP) is 3.68. The normalized spacial score (nSPS) is 14.9. The molecule has 0 saturated heterocycles. The summed E-state index contributed by atoms with van der Waals surface area (Å²) in [7, 11) is 0. The molecule has 3 rings (SSSR count). The monoisotopic (exact) mass is 323 g/mol. The van der Waals surface area contributed by atoms with Crippen LogP contribution in [0.25, 0.3) is 0 Å². The minimum absolute atomic E-state index is 0.0171. The molecule has 0 aliphatic heterocycles. The van der Waals surface area contributed by atoms with Crippen LogP contribution < -0.4 is 5.32 Å². The van der Waals surface area contributed by atoms with Gasteiger partial charge in [-0.1, -0.05) is 42.0 Å². The molecule has 0 radical (unpaired) electrons. The lowest BCUT2D eigenvalue weighted by molar-refractivity contribution is -0.137. The third-order valence-corrected chi connectivity index (χ3v) is 4.57. The van der Waals surface area contributed by atoms with Gasteiger partial charge >= 0.3 is 5.97 Å². The molecule has 0 aromatic heterocycles. The molecule has 1 aliphatic rings. The number of nitrogens with one attached hydrogen (secondary N) is 1. The van der Waals surface area contributed by atoms with E-state index in [1.807, 2.05) is 49.4 Å². The van der Waals surface area contributed by atoms with Crippen LogP contribution in [0.1, 0.15) is 36.0 Å². The van der Waals surface area contributed by atoms with Gasteiger partial charge in [-0.2, -0.15) is 0 Å². The highest BCUT2D eigenvalue weighted by Crippen LogP contribution is 2.49. The summed E-state index contributed by atoms with van der Waals surface area (Å²) >= 11 is 0. The number of amides is 1. The van der Waals surface area contributed by atoms with Gasteiger partial charge in [0, 0.05) is 12.1 Å². The Labute approximate surface area is 141 Å². The van der Waals surface area contributed by atoms with Gasteiger partial charge < -0.3 is 10.4 Å². The van der Waals surface area contributed by atoms with Crippen molar-refractivity contribution in [2.75, 3.05) is 5.32 Å². The molecule has 2 N–H and O–H groups in total. The van der Waals surface area contributed by atoms with Gasteiger partial charge in [-0.3, -0.25) is 9.59 Å². The first kappa shape index (κ1) is 16.2. The molecule has 2 aromatic carbocycles. The van der Waals surface area contributed by atoms with Gasteiger partial charge in [-0.25, -0.2) is 0 Å². The van der Waals surface area contributed by atoms with E-state index in [2.05, 4.69) is 11.4 Å². The quantitative estimate of drug-likeness (QED) is 0.852. The van der Waals surface area contributed by atoms with Crippen LogP contribution in [0.2, 0.25) is 0 Å². The van der Waals surface area contributed by atoms with E-state index >= 15 is 0 Å². The number of rotatable bonds is 6. The summed E-state index contributed by atoms with van der Waals surface area (Å²) in [6.07, 6.45) is 2.27. The number of carbonyl (C=O) groups is 2. The second kappa shape index (κ2) is 6.48. The zero-order valence-electron chi connectivity index (χ0n) is 13.7. The highest BCUT2D eigenvalue weighted by molar-refractivity contribution is 6.01. The van der Waals surface area contributed by atoms with Crippen molar-refractivity contribution in [3.05, 3.63) is 65.2 Å². The van der Waals surface area contributed by atoms with E-state index in [1.165, 1.54) is 0 Å². The predicted molar refractivity (Wildman–Crippen MR) is 93.1 cm³/mol. The molecular weight excluding hydrogens is 302 g/mol. The topological polar surface area (TPSA) is 66.4 Å². The maximum atomic E-state index is 12.8. The summed E-state index contributed by atoms with van der Waals surface area (Å²) in [4.78, 5) is 23.5. The largest absolute Gasteiger partial charge is 0.481 e. The van der Waals surface area contributed by atoms with E-state index < -0.39 is 11.4 Å². The molecule has 4 nitrogen and oxygen atoms in total. The number of carbonyl (C=O) groups excluding carboxylic acids is 1. The van der Waals surface area contributed by atoms with Gasteiger partial charge in [0.1, 0.15) is 0 Å². The maximum Gasteiger partial charge on any atom is 0.303 e. The SMILES string of the molecule is Cc1cccc(C2(C(=O)Nc3cccc(CCC(=O)O)c3)CC2)c1. The first-order valence-electron chi connectivity index (χ1n) is 8.19. The summed E-state index contributed by atoms with van der Waals surface area (Å²) in [6.45, 7) is 2.03. The fraction of sp³-hybridized carbons (Fsp3) is 0.300. The molecule has 1 fully saturated rings. The van der Waals surface area contributed by atoms with Gasteiger partial charge in [0.15, 0.2) is 0 Å². The van der Waals surface area contributed by atoms with Crippen molar-refractivity contribution < 1.29 is 14.7 Å². The molecule has 124 valence electrons. The summed E-state index contributed by atoms with van der Waals surface area (Å²) in [5.41, 5.74) is 3.45. The van der Waals surface area contributed by atoms with Crippen LogP contribution >= 0.6 is 0 Å². The number of hydrogen-bond donors (Lipinski definition) is 2. The van der Waals surface area contributed by atoms with Crippen LogP contribution in [0, 0.1) is 6.92 Å². The smallest absolute Gasteiger partial charge is 0.303 e. The summed E-state index contributed by atoms with van der Waals surface area (Å²) < 4.78 is 0. The van der Waals surface area contributed by atoms with E-state index in [0.717, 1.165) is 35.2 Å². The maximum absolute atomic E-state index is 12.8. The first-order valence-corrected chi connectivity index (χ1v) is 8.19. The molecule has 1 amide bonds. The molecule has 0 unspecified atom stereocenters. The molecule has 0 heterocycles. The average molecular weight is 323 g/mol. The molecule has 0 spiro atoms. The minimum Gasteiger partial charge on any atom is -0.481 e. The molecule has 1 aliphatic carbocycles. The number of aliphatic carboxylic acids is 1. The zero-order valence-corrected chi connectivity index (χ0v) is 13.7. The third kappa shape index (κ3) is 3.48. The summed E-state index contributed by atoms with van der Waals surface area (Å²) in [5, 5.41) is 11.8. The number of anilines is 1. The highest BCUT2D eigenvalue weighted by Gasteiger charge is 2.51. The van der Waals surface area contributed by atoms with Crippen molar-refractivity contribution in [3.63, 3.8) is 0 Å². The Hall–Kier alpha value is -2.62.